The van der Waals surface area contributed by atoms with E-state index in [4.69, 9.17) is 4.42 Å². The highest BCUT2D eigenvalue weighted by Gasteiger charge is 2.52. The third-order valence-electron chi connectivity index (χ3n) is 6.62. The summed E-state index contributed by atoms with van der Waals surface area (Å²) in [7, 11) is 0. The number of nitrogens with one attached hydrogen (secondary N) is 2. The molecule has 4 heterocycles. The molecule has 2 fully saturated rings. The van der Waals surface area contributed by atoms with Crippen molar-refractivity contribution in [1.29, 1.82) is 0 Å². The number of furan rings is 1. The van der Waals surface area contributed by atoms with Crippen molar-refractivity contribution in [1.82, 2.24) is 30.3 Å². The lowest BCUT2D eigenvalue weighted by Crippen LogP contribution is -2.44. The number of hydrogen-bond acceptors (Lipinski definition) is 6. The van der Waals surface area contributed by atoms with Gasteiger partial charge in [-0.25, -0.2) is 14.5 Å². The van der Waals surface area contributed by atoms with Crippen LogP contribution >= 0.6 is 0 Å². The van der Waals surface area contributed by atoms with Gasteiger partial charge in [0.1, 0.15) is 11.2 Å². The molecule has 1 aliphatic carbocycles. The predicted octanol–water partition coefficient (Wildman–Crippen LogP) is 3.26. The lowest BCUT2D eigenvalue weighted by atomic mass is 9.98. The molecule has 3 aromatic rings. The predicted molar refractivity (Wildman–Crippen MR) is 124 cm³/mol. The quantitative estimate of drug-likeness (QED) is 0.409. The smallest absolute Gasteiger partial charge is 0.325 e. The van der Waals surface area contributed by atoms with Gasteiger partial charge in [-0.1, -0.05) is 12.8 Å². The van der Waals surface area contributed by atoms with Crippen LogP contribution in [-0.2, 0) is 4.79 Å². The van der Waals surface area contributed by atoms with Gasteiger partial charge in [-0.3, -0.25) is 14.5 Å². The number of imide groups is 1. The molecule has 178 valence electrons. The first-order chi connectivity index (χ1) is 16.4. The number of carbonyl (C=O) groups is 3. The van der Waals surface area contributed by atoms with Crippen molar-refractivity contribution in [2.24, 2.45) is 0 Å². The monoisotopic (exact) mass is 464 g/mol. The number of aromatic nitrogens is 3. The largest absolute Gasteiger partial charge is 0.463 e. The molecular formula is C24H28N6O4. The first-order valence-electron chi connectivity index (χ1n) is 11.7. The Kier molecular flexibility index (Phi) is 5.59. The van der Waals surface area contributed by atoms with Gasteiger partial charge < -0.3 is 15.1 Å². The molecule has 10 heteroatoms. The van der Waals surface area contributed by atoms with Crippen LogP contribution in [-0.4, -0.2) is 56.1 Å². The van der Waals surface area contributed by atoms with Gasteiger partial charge in [0.2, 0.25) is 0 Å². The van der Waals surface area contributed by atoms with E-state index in [1.807, 2.05) is 13.8 Å². The lowest BCUT2D eigenvalue weighted by molar-refractivity contribution is -0.131. The minimum absolute atomic E-state index is 0.0695. The van der Waals surface area contributed by atoms with Crippen molar-refractivity contribution in [2.75, 3.05) is 13.1 Å². The van der Waals surface area contributed by atoms with Crippen molar-refractivity contribution >= 4 is 28.9 Å². The second-order valence-electron chi connectivity index (χ2n) is 9.24. The van der Waals surface area contributed by atoms with Gasteiger partial charge in [-0.05, 0) is 51.3 Å². The van der Waals surface area contributed by atoms with Crippen LogP contribution in [0.3, 0.4) is 0 Å². The topological polar surface area (TPSA) is 122 Å². The van der Waals surface area contributed by atoms with Crippen molar-refractivity contribution < 1.29 is 18.8 Å². The first kappa shape index (κ1) is 22.1. The standard InChI is InChI=1S/C24H28N6O4/c1-15(2)30-20-17(14-26-30)16(13-18(27-20)19-7-5-12-34-19)21(31)25-10-6-11-29-22(32)24(28-23(29)33)8-3-4-9-24/h5,7,12-15H,3-4,6,8-11H2,1-2H3,(H,25,31)(H,28,33). The number of hydrogen-bond donors (Lipinski definition) is 2. The number of fused-ring (bicyclic) bond motifs is 1. The normalized spacial score (nSPS) is 17.3. The summed E-state index contributed by atoms with van der Waals surface area (Å²) >= 11 is 0. The van der Waals surface area contributed by atoms with E-state index in [9.17, 15) is 14.4 Å². The summed E-state index contributed by atoms with van der Waals surface area (Å²) in [4.78, 5) is 44.2. The van der Waals surface area contributed by atoms with E-state index in [0.29, 0.717) is 53.9 Å². The summed E-state index contributed by atoms with van der Waals surface area (Å²) in [6.07, 6.45) is 6.97. The number of amides is 4. The van der Waals surface area contributed by atoms with E-state index in [1.165, 1.54) is 4.90 Å². The van der Waals surface area contributed by atoms with Crippen LogP contribution in [0.4, 0.5) is 4.79 Å². The minimum atomic E-state index is -0.707. The van der Waals surface area contributed by atoms with Gasteiger partial charge in [0.25, 0.3) is 11.8 Å². The van der Waals surface area contributed by atoms with Gasteiger partial charge in [0, 0.05) is 19.1 Å². The van der Waals surface area contributed by atoms with E-state index >= 15 is 0 Å². The Hall–Kier alpha value is -3.69. The Bertz CT molecular complexity index is 1240. The molecule has 0 aromatic carbocycles. The van der Waals surface area contributed by atoms with Crippen molar-refractivity contribution in [3.63, 3.8) is 0 Å². The minimum Gasteiger partial charge on any atom is -0.463 e. The highest BCUT2D eigenvalue weighted by molar-refractivity contribution is 6.07. The van der Waals surface area contributed by atoms with Gasteiger partial charge >= 0.3 is 6.03 Å². The molecule has 3 aromatic heterocycles. The van der Waals surface area contributed by atoms with Crippen molar-refractivity contribution in [3.8, 4) is 11.5 Å². The van der Waals surface area contributed by atoms with Gasteiger partial charge in [0.05, 0.1) is 23.4 Å². The van der Waals surface area contributed by atoms with Crippen molar-refractivity contribution in [3.05, 3.63) is 36.2 Å². The van der Waals surface area contributed by atoms with E-state index < -0.39 is 5.54 Å². The molecule has 1 saturated carbocycles. The Morgan fingerprint density at radius 2 is 2.09 bits per heavy atom. The first-order valence-corrected chi connectivity index (χ1v) is 11.7. The summed E-state index contributed by atoms with van der Waals surface area (Å²) in [6.45, 7) is 4.58. The zero-order valence-corrected chi connectivity index (χ0v) is 19.3. The second kappa shape index (κ2) is 8.58. The third kappa shape index (κ3) is 3.72. The highest BCUT2D eigenvalue weighted by Crippen LogP contribution is 2.35. The van der Waals surface area contributed by atoms with Crippen LogP contribution in [0.5, 0.6) is 0 Å². The number of urea groups is 1. The van der Waals surface area contributed by atoms with E-state index in [0.717, 1.165) is 12.8 Å². The maximum atomic E-state index is 13.1. The van der Waals surface area contributed by atoms with Crippen LogP contribution in [0.1, 0.15) is 62.4 Å². The van der Waals surface area contributed by atoms with E-state index in [2.05, 4.69) is 20.7 Å². The average Bonchev–Trinajstić information content (AvgIpc) is 3.60. The molecule has 34 heavy (non-hydrogen) atoms. The second-order valence-corrected chi connectivity index (χ2v) is 9.24. The molecule has 10 nitrogen and oxygen atoms in total. The average molecular weight is 465 g/mol. The van der Waals surface area contributed by atoms with Crippen LogP contribution < -0.4 is 10.6 Å². The highest BCUT2D eigenvalue weighted by atomic mass is 16.3. The molecule has 1 spiro atoms. The van der Waals surface area contributed by atoms with E-state index in [1.54, 1.807) is 35.3 Å². The maximum absolute atomic E-state index is 13.1. The Labute approximate surface area is 196 Å². The van der Waals surface area contributed by atoms with E-state index in [-0.39, 0.29) is 30.4 Å². The summed E-state index contributed by atoms with van der Waals surface area (Å²) in [6, 6.07) is 5.00. The van der Waals surface area contributed by atoms with Crippen molar-refractivity contribution in [2.45, 2.75) is 57.5 Å². The SMILES string of the molecule is CC(C)n1ncc2c(C(=O)NCCCN3C(=O)NC4(CCCC4)C3=O)cc(-c3ccco3)nc21. The molecule has 1 aliphatic heterocycles. The summed E-state index contributed by atoms with van der Waals surface area (Å²) in [5, 5.41) is 10.9. The Balaban J connectivity index is 1.29. The molecule has 2 N–H and O–H groups in total. The molecule has 0 unspecified atom stereocenters. The van der Waals surface area contributed by atoms with Crippen LogP contribution in [0.25, 0.3) is 22.5 Å². The molecule has 5 rings (SSSR count). The van der Waals surface area contributed by atoms with Gasteiger partial charge in [-0.15, -0.1) is 0 Å². The summed E-state index contributed by atoms with van der Waals surface area (Å²) in [5.41, 5.74) is 0.895. The summed E-state index contributed by atoms with van der Waals surface area (Å²) in [5.74, 6) is 0.154. The van der Waals surface area contributed by atoms with Crippen LogP contribution in [0, 0.1) is 0 Å². The number of pyridine rings is 1. The molecule has 0 atom stereocenters. The number of nitrogens with zero attached hydrogens (tertiary/aromatic N) is 4. The fraction of sp³-hybridized carbons (Fsp3) is 0.458. The summed E-state index contributed by atoms with van der Waals surface area (Å²) < 4.78 is 7.27. The fourth-order valence-electron chi connectivity index (χ4n) is 4.87. The zero-order valence-electron chi connectivity index (χ0n) is 19.3. The zero-order chi connectivity index (χ0) is 23.9. The lowest BCUT2D eigenvalue weighted by Gasteiger charge is -2.20. The number of rotatable bonds is 7. The third-order valence-corrected chi connectivity index (χ3v) is 6.62. The Morgan fingerprint density at radius 1 is 1.29 bits per heavy atom. The Morgan fingerprint density at radius 3 is 2.79 bits per heavy atom. The van der Waals surface area contributed by atoms with Gasteiger partial charge in [-0.2, -0.15) is 5.10 Å². The molecule has 0 radical (unpaired) electrons. The molecule has 0 bridgehead atoms. The van der Waals surface area contributed by atoms with Crippen LogP contribution in [0.15, 0.2) is 35.1 Å². The molecule has 2 aliphatic rings. The van der Waals surface area contributed by atoms with Crippen LogP contribution in [0.2, 0.25) is 0 Å². The molecule has 1 saturated heterocycles. The maximum Gasteiger partial charge on any atom is 0.325 e. The number of carbonyl (C=O) groups excluding carboxylic acids is 3. The molecule has 4 amide bonds. The molecular weight excluding hydrogens is 436 g/mol. The van der Waals surface area contributed by atoms with Gasteiger partial charge in [0.15, 0.2) is 11.4 Å². The fourth-order valence-corrected chi connectivity index (χ4v) is 4.87.